The lowest BCUT2D eigenvalue weighted by Gasteiger charge is -2.08. The first-order chi connectivity index (χ1) is 11.1. The van der Waals surface area contributed by atoms with Gasteiger partial charge in [-0.1, -0.05) is 29.8 Å². The van der Waals surface area contributed by atoms with Gasteiger partial charge in [0.15, 0.2) is 18.0 Å². The van der Waals surface area contributed by atoms with Gasteiger partial charge < -0.3 is 14.5 Å². The molecule has 1 aromatic carbocycles. The minimum Gasteiger partial charge on any atom is -0.480 e. The number of amides is 1. The highest BCUT2D eigenvalue weighted by atomic mass is 16.5. The van der Waals surface area contributed by atoms with Gasteiger partial charge in [0.1, 0.15) is 0 Å². The van der Waals surface area contributed by atoms with Gasteiger partial charge in [0.05, 0.1) is 5.69 Å². The molecular weight excluding hydrogens is 290 g/mol. The van der Waals surface area contributed by atoms with Gasteiger partial charge in [-0.15, -0.1) is 0 Å². The molecule has 0 saturated heterocycles. The van der Waals surface area contributed by atoms with Crippen molar-refractivity contribution in [2.24, 2.45) is 0 Å². The van der Waals surface area contributed by atoms with Crippen LogP contribution >= 0.6 is 0 Å². The summed E-state index contributed by atoms with van der Waals surface area (Å²) in [5.41, 5.74) is 3.89. The molecular formula is C18H19N3O2. The molecule has 5 nitrogen and oxygen atoms in total. The van der Waals surface area contributed by atoms with Gasteiger partial charge in [-0.05, 0) is 31.5 Å². The van der Waals surface area contributed by atoms with Crippen molar-refractivity contribution in [2.75, 3.05) is 6.61 Å². The van der Waals surface area contributed by atoms with E-state index in [1.54, 1.807) is 0 Å². The molecule has 118 valence electrons. The van der Waals surface area contributed by atoms with Crippen LogP contribution in [0, 0.1) is 13.8 Å². The zero-order valence-electron chi connectivity index (χ0n) is 13.2. The summed E-state index contributed by atoms with van der Waals surface area (Å²) in [6.07, 6.45) is 3.82. The minimum absolute atomic E-state index is 0.0303. The molecule has 0 aliphatic heterocycles. The number of rotatable bonds is 5. The molecule has 0 spiro atoms. The molecule has 1 N–H and O–H groups in total. The zero-order chi connectivity index (χ0) is 16.2. The third-order valence-electron chi connectivity index (χ3n) is 3.54. The summed E-state index contributed by atoms with van der Waals surface area (Å²) in [7, 11) is 0. The number of benzene rings is 1. The lowest BCUT2D eigenvalue weighted by atomic mass is 10.1. The number of hydrogen-bond donors (Lipinski definition) is 1. The first-order valence-electron chi connectivity index (χ1n) is 7.51. The second kappa shape index (κ2) is 6.52. The fourth-order valence-electron chi connectivity index (χ4n) is 2.32. The molecule has 5 heteroatoms. The van der Waals surface area contributed by atoms with Crippen LogP contribution in [0.25, 0.3) is 5.65 Å². The molecule has 0 atom stereocenters. The maximum atomic E-state index is 11.9. The molecule has 3 aromatic rings. The Morgan fingerprint density at radius 2 is 2.00 bits per heavy atom. The summed E-state index contributed by atoms with van der Waals surface area (Å²) < 4.78 is 7.49. The quantitative estimate of drug-likeness (QED) is 0.788. The van der Waals surface area contributed by atoms with E-state index in [1.165, 1.54) is 5.56 Å². The Kier molecular flexibility index (Phi) is 4.28. The van der Waals surface area contributed by atoms with Crippen LogP contribution in [0.4, 0.5) is 0 Å². The van der Waals surface area contributed by atoms with E-state index in [9.17, 15) is 4.79 Å². The van der Waals surface area contributed by atoms with Crippen molar-refractivity contribution in [2.45, 2.75) is 20.4 Å². The lowest BCUT2D eigenvalue weighted by molar-refractivity contribution is -0.123. The van der Waals surface area contributed by atoms with Gasteiger partial charge in [0.25, 0.3) is 5.91 Å². The highest BCUT2D eigenvalue weighted by Crippen LogP contribution is 2.18. The predicted octanol–water partition coefficient (Wildman–Crippen LogP) is 2.65. The third-order valence-corrected chi connectivity index (χ3v) is 3.54. The van der Waals surface area contributed by atoms with Gasteiger partial charge in [-0.2, -0.15) is 0 Å². The molecule has 0 bridgehead atoms. The number of ether oxygens (including phenoxy) is 1. The van der Waals surface area contributed by atoms with Crippen molar-refractivity contribution in [1.29, 1.82) is 0 Å². The van der Waals surface area contributed by atoms with Gasteiger partial charge >= 0.3 is 0 Å². The average Bonchev–Trinajstić information content (AvgIpc) is 2.93. The summed E-state index contributed by atoms with van der Waals surface area (Å²) in [4.78, 5) is 16.3. The van der Waals surface area contributed by atoms with Crippen molar-refractivity contribution in [3.05, 3.63) is 65.6 Å². The van der Waals surface area contributed by atoms with E-state index < -0.39 is 0 Å². The summed E-state index contributed by atoms with van der Waals surface area (Å²) in [5, 5.41) is 2.85. The molecule has 0 radical (unpaired) electrons. The number of carbonyl (C=O) groups is 1. The second-order valence-electron chi connectivity index (χ2n) is 5.54. The van der Waals surface area contributed by atoms with Crippen molar-refractivity contribution in [3.63, 3.8) is 0 Å². The van der Waals surface area contributed by atoms with E-state index in [0.717, 1.165) is 16.9 Å². The summed E-state index contributed by atoms with van der Waals surface area (Å²) in [5.74, 6) is 0.446. The van der Waals surface area contributed by atoms with Crippen LogP contribution in [0.5, 0.6) is 5.75 Å². The third kappa shape index (κ3) is 3.69. The fourth-order valence-corrected chi connectivity index (χ4v) is 2.32. The van der Waals surface area contributed by atoms with E-state index in [-0.39, 0.29) is 12.5 Å². The average molecular weight is 309 g/mol. The SMILES string of the molecule is Cc1ccc(CNC(=O)COc2cccn3cc(C)nc23)cc1. The maximum absolute atomic E-state index is 11.9. The van der Waals surface area contributed by atoms with Crippen LogP contribution in [0.15, 0.2) is 48.8 Å². The monoisotopic (exact) mass is 309 g/mol. The Morgan fingerprint density at radius 3 is 2.78 bits per heavy atom. The summed E-state index contributed by atoms with van der Waals surface area (Å²) in [6, 6.07) is 11.7. The molecule has 3 rings (SSSR count). The van der Waals surface area contributed by atoms with E-state index in [4.69, 9.17) is 4.74 Å². The molecule has 2 heterocycles. The predicted molar refractivity (Wildman–Crippen MR) is 88.4 cm³/mol. The fraction of sp³-hybridized carbons (Fsp3) is 0.222. The number of aromatic nitrogens is 2. The first-order valence-corrected chi connectivity index (χ1v) is 7.51. The number of carbonyl (C=O) groups excluding carboxylic acids is 1. The number of nitrogens with one attached hydrogen (secondary N) is 1. The van der Waals surface area contributed by atoms with Gasteiger partial charge in [0, 0.05) is 18.9 Å². The van der Waals surface area contributed by atoms with Crippen LogP contribution in [0.3, 0.4) is 0 Å². The van der Waals surface area contributed by atoms with Crippen molar-refractivity contribution >= 4 is 11.6 Å². The molecule has 0 aliphatic carbocycles. The summed E-state index contributed by atoms with van der Waals surface area (Å²) in [6.45, 7) is 4.42. The van der Waals surface area contributed by atoms with Gasteiger partial charge in [-0.25, -0.2) is 4.98 Å². The molecule has 23 heavy (non-hydrogen) atoms. The van der Waals surface area contributed by atoms with E-state index in [2.05, 4.69) is 10.3 Å². The molecule has 1 amide bonds. The number of nitrogens with zero attached hydrogens (tertiary/aromatic N) is 2. The van der Waals surface area contributed by atoms with Crippen LogP contribution in [-0.2, 0) is 11.3 Å². The smallest absolute Gasteiger partial charge is 0.258 e. The largest absolute Gasteiger partial charge is 0.480 e. The van der Waals surface area contributed by atoms with Crippen LogP contribution in [-0.4, -0.2) is 21.9 Å². The molecule has 0 unspecified atom stereocenters. The first kappa shape index (κ1) is 15.1. The van der Waals surface area contributed by atoms with Crippen LogP contribution < -0.4 is 10.1 Å². The number of pyridine rings is 1. The normalized spacial score (nSPS) is 10.7. The molecule has 2 aromatic heterocycles. The summed E-state index contributed by atoms with van der Waals surface area (Å²) >= 11 is 0. The molecule has 0 fully saturated rings. The van der Waals surface area contributed by atoms with E-state index in [1.807, 2.05) is 67.0 Å². The minimum atomic E-state index is -0.157. The lowest BCUT2D eigenvalue weighted by Crippen LogP contribution is -2.28. The number of imidazole rings is 1. The van der Waals surface area contributed by atoms with Crippen LogP contribution in [0.1, 0.15) is 16.8 Å². The molecule has 0 saturated carbocycles. The Balaban J connectivity index is 1.57. The zero-order valence-corrected chi connectivity index (χ0v) is 13.2. The number of fused-ring (bicyclic) bond motifs is 1. The highest BCUT2D eigenvalue weighted by Gasteiger charge is 2.08. The van der Waals surface area contributed by atoms with E-state index in [0.29, 0.717) is 12.3 Å². The van der Waals surface area contributed by atoms with Crippen LogP contribution in [0.2, 0.25) is 0 Å². The van der Waals surface area contributed by atoms with Crippen molar-refractivity contribution < 1.29 is 9.53 Å². The Morgan fingerprint density at radius 1 is 1.22 bits per heavy atom. The van der Waals surface area contributed by atoms with E-state index >= 15 is 0 Å². The number of hydrogen-bond acceptors (Lipinski definition) is 3. The van der Waals surface area contributed by atoms with Gasteiger partial charge in [0.2, 0.25) is 0 Å². The Labute approximate surface area is 134 Å². The number of aryl methyl sites for hydroxylation is 2. The molecule has 0 aliphatic rings. The Hall–Kier alpha value is -2.82. The topological polar surface area (TPSA) is 55.6 Å². The van der Waals surface area contributed by atoms with Crippen molar-refractivity contribution in [3.8, 4) is 5.75 Å². The second-order valence-corrected chi connectivity index (χ2v) is 5.54. The standard InChI is InChI=1S/C18H19N3O2/c1-13-5-7-15(8-6-13)10-19-17(22)12-23-16-4-3-9-21-11-14(2)20-18(16)21/h3-9,11H,10,12H2,1-2H3,(H,19,22). The Bertz CT molecular complexity index is 822. The highest BCUT2D eigenvalue weighted by molar-refractivity contribution is 5.77. The maximum Gasteiger partial charge on any atom is 0.258 e. The van der Waals surface area contributed by atoms with Crippen molar-refractivity contribution in [1.82, 2.24) is 14.7 Å². The van der Waals surface area contributed by atoms with Gasteiger partial charge in [-0.3, -0.25) is 4.79 Å².